The van der Waals surface area contributed by atoms with Crippen molar-refractivity contribution in [2.75, 3.05) is 6.61 Å². The molecule has 0 spiro atoms. The van der Waals surface area contributed by atoms with Gasteiger partial charge in [0.15, 0.2) is 23.8 Å². The van der Waals surface area contributed by atoms with Gasteiger partial charge in [-0.05, 0) is 18.2 Å². The van der Waals surface area contributed by atoms with E-state index >= 15 is 0 Å². The standard InChI is InChI=1S/C23H22ClF2N3O7/c1-5-6-17-22(34-12(3)31)21(23(35-13(4)32)18(36-17)10-33-11(2)30)29-9-16(27-28-29)14-7-8-15(24)20(26)19(14)25/h6-9,17-18,21-23H,1,10H2,2-4H3/t17-,18-,21-,22+,23+/m1/s1. The van der Waals surface area contributed by atoms with Crippen molar-refractivity contribution in [2.24, 2.45) is 0 Å². The topological polar surface area (TPSA) is 119 Å². The van der Waals surface area contributed by atoms with E-state index in [9.17, 15) is 23.2 Å². The number of aromatic nitrogens is 3. The molecule has 0 N–H and O–H groups in total. The summed E-state index contributed by atoms with van der Waals surface area (Å²) in [4.78, 5) is 35.4. The second kappa shape index (κ2) is 11.4. The Morgan fingerprint density at radius 2 is 1.81 bits per heavy atom. The molecule has 1 fully saturated rings. The van der Waals surface area contributed by atoms with Gasteiger partial charge in [0, 0.05) is 26.3 Å². The van der Waals surface area contributed by atoms with Crippen molar-refractivity contribution in [3.05, 3.63) is 53.4 Å². The highest BCUT2D eigenvalue weighted by Crippen LogP contribution is 2.36. The molecule has 1 aliphatic heterocycles. The number of ether oxygens (including phenoxy) is 4. The Kier molecular flexibility index (Phi) is 8.57. The molecule has 0 aliphatic carbocycles. The van der Waals surface area contributed by atoms with E-state index < -0.39 is 65.0 Å². The Morgan fingerprint density at radius 3 is 2.42 bits per heavy atom. The molecular weight excluding hydrogens is 504 g/mol. The zero-order valence-corrected chi connectivity index (χ0v) is 20.2. The van der Waals surface area contributed by atoms with Gasteiger partial charge in [0.25, 0.3) is 0 Å². The van der Waals surface area contributed by atoms with Gasteiger partial charge in [-0.15, -0.1) is 10.8 Å². The third-order valence-corrected chi connectivity index (χ3v) is 5.45. The average Bonchev–Trinajstić information content (AvgIpc) is 3.27. The van der Waals surface area contributed by atoms with E-state index in [4.69, 9.17) is 30.5 Å². The fourth-order valence-electron chi connectivity index (χ4n) is 3.78. The van der Waals surface area contributed by atoms with Crippen molar-refractivity contribution in [3.63, 3.8) is 0 Å². The van der Waals surface area contributed by atoms with Gasteiger partial charge in [-0.2, -0.15) is 0 Å². The van der Waals surface area contributed by atoms with Crippen molar-refractivity contribution in [3.8, 4) is 11.3 Å². The molecule has 2 heterocycles. The van der Waals surface area contributed by atoms with Crippen LogP contribution in [0, 0.1) is 11.6 Å². The summed E-state index contributed by atoms with van der Waals surface area (Å²) >= 11 is 5.63. The first-order chi connectivity index (χ1) is 17.0. The molecule has 10 nitrogen and oxygen atoms in total. The minimum absolute atomic E-state index is 0.0787. The minimum Gasteiger partial charge on any atom is -0.463 e. The molecule has 13 heteroatoms. The summed E-state index contributed by atoms with van der Waals surface area (Å²) in [5.41, 5.74) is 2.24. The van der Waals surface area contributed by atoms with Crippen molar-refractivity contribution in [1.82, 2.24) is 15.0 Å². The van der Waals surface area contributed by atoms with Gasteiger partial charge >= 0.3 is 17.9 Å². The fraction of sp³-hybridized carbons (Fsp3) is 0.391. The van der Waals surface area contributed by atoms with Crippen LogP contribution in [0.15, 0.2) is 36.7 Å². The van der Waals surface area contributed by atoms with Crippen LogP contribution in [0.2, 0.25) is 5.02 Å². The van der Waals surface area contributed by atoms with Gasteiger partial charge in [-0.3, -0.25) is 14.4 Å². The molecule has 0 amide bonds. The van der Waals surface area contributed by atoms with Crippen LogP contribution in [-0.2, 0) is 33.3 Å². The van der Waals surface area contributed by atoms with Gasteiger partial charge in [0.05, 0.1) is 11.2 Å². The molecule has 0 saturated carbocycles. The third kappa shape index (κ3) is 5.96. The molecule has 0 radical (unpaired) electrons. The maximum absolute atomic E-state index is 14.5. The van der Waals surface area contributed by atoms with E-state index in [0.29, 0.717) is 0 Å². The zero-order chi connectivity index (χ0) is 26.6. The number of esters is 3. The predicted octanol–water partition coefficient (Wildman–Crippen LogP) is 2.95. The Hall–Kier alpha value is -3.60. The largest absolute Gasteiger partial charge is 0.463 e. The van der Waals surface area contributed by atoms with Gasteiger partial charge < -0.3 is 18.9 Å². The van der Waals surface area contributed by atoms with Crippen LogP contribution in [-0.4, -0.2) is 63.9 Å². The first kappa shape index (κ1) is 27.0. The molecule has 1 aromatic heterocycles. The maximum atomic E-state index is 14.5. The lowest BCUT2D eigenvalue weighted by atomic mass is 9.91. The molecule has 0 unspecified atom stereocenters. The smallest absolute Gasteiger partial charge is 0.303 e. The number of benzene rings is 1. The Bertz CT molecular complexity index is 1210. The second-order valence-electron chi connectivity index (χ2n) is 7.76. The van der Waals surface area contributed by atoms with E-state index in [0.717, 1.165) is 19.9 Å². The summed E-state index contributed by atoms with van der Waals surface area (Å²) < 4.78 is 51.7. The second-order valence-corrected chi connectivity index (χ2v) is 8.17. The number of rotatable bonds is 7. The van der Waals surface area contributed by atoms with Gasteiger partial charge in [0.2, 0.25) is 0 Å². The van der Waals surface area contributed by atoms with Crippen LogP contribution in [0.3, 0.4) is 0 Å². The summed E-state index contributed by atoms with van der Waals surface area (Å²) in [6, 6.07) is 1.29. The van der Waals surface area contributed by atoms with Crippen LogP contribution in [0.5, 0.6) is 0 Å². The summed E-state index contributed by atoms with van der Waals surface area (Å²) in [7, 11) is 0. The molecule has 2 aromatic rings. The van der Waals surface area contributed by atoms with E-state index in [1.807, 2.05) is 0 Å². The number of hydrogen-bond acceptors (Lipinski definition) is 9. The lowest BCUT2D eigenvalue weighted by Crippen LogP contribution is -2.58. The van der Waals surface area contributed by atoms with Crippen LogP contribution in [0.25, 0.3) is 11.3 Å². The van der Waals surface area contributed by atoms with Crippen molar-refractivity contribution in [2.45, 2.75) is 51.2 Å². The highest BCUT2D eigenvalue weighted by atomic mass is 35.5. The summed E-state index contributed by atoms with van der Waals surface area (Å²) in [5, 5.41) is 7.49. The fourth-order valence-corrected chi connectivity index (χ4v) is 3.92. The van der Waals surface area contributed by atoms with E-state index in [2.05, 4.69) is 22.6 Å². The molecule has 1 aliphatic rings. The number of carbonyl (C=O) groups excluding carboxylic acids is 3. The van der Waals surface area contributed by atoms with Crippen molar-refractivity contribution in [1.29, 1.82) is 0 Å². The Balaban J connectivity index is 2.13. The highest BCUT2D eigenvalue weighted by molar-refractivity contribution is 6.30. The van der Waals surface area contributed by atoms with E-state index in [-0.39, 0.29) is 17.9 Å². The molecule has 192 valence electrons. The van der Waals surface area contributed by atoms with Crippen molar-refractivity contribution >= 4 is 29.5 Å². The Morgan fingerprint density at radius 1 is 1.14 bits per heavy atom. The first-order valence-corrected chi connectivity index (χ1v) is 11.0. The molecule has 36 heavy (non-hydrogen) atoms. The van der Waals surface area contributed by atoms with Crippen LogP contribution < -0.4 is 0 Å². The summed E-state index contributed by atoms with van der Waals surface area (Å²) in [6.07, 6.45) is -1.76. The van der Waals surface area contributed by atoms with E-state index in [1.165, 1.54) is 29.9 Å². The van der Waals surface area contributed by atoms with Gasteiger partial charge in [-0.1, -0.05) is 23.4 Å². The van der Waals surface area contributed by atoms with Gasteiger partial charge in [0.1, 0.15) is 30.6 Å². The normalized spacial score (nSPS) is 23.3. The van der Waals surface area contributed by atoms with Crippen molar-refractivity contribution < 1.29 is 42.1 Å². The molecule has 0 bridgehead atoms. The third-order valence-electron chi connectivity index (χ3n) is 5.16. The summed E-state index contributed by atoms with van der Waals surface area (Å²) in [5.74, 6) is -4.52. The lowest BCUT2D eigenvalue weighted by Gasteiger charge is -2.44. The monoisotopic (exact) mass is 525 g/mol. The SMILES string of the molecule is C=C=C[C@H]1O[C@H](COC(C)=O)[C@H](OC(C)=O)[C@H](n2cc(-c3ccc(Cl)c(F)c3F)nn2)[C@H]1OC(C)=O. The number of carbonyl (C=O) groups is 3. The van der Waals surface area contributed by atoms with Crippen LogP contribution in [0.1, 0.15) is 26.8 Å². The molecule has 5 atom stereocenters. The quantitative estimate of drug-likeness (QED) is 0.232. The molecule has 1 saturated heterocycles. The maximum Gasteiger partial charge on any atom is 0.303 e. The number of halogens is 3. The first-order valence-electron chi connectivity index (χ1n) is 10.6. The van der Waals surface area contributed by atoms with Crippen LogP contribution >= 0.6 is 11.6 Å². The average molecular weight is 526 g/mol. The zero-order valence-electron chi connectivity index (χ0n) is 19.4. The molecule has 3 rings (SSSR count). The summed E-state index contributed by atoms with van der Waals surface area (Å²) in [6.45, 7) is 6.68. The highest BCUT2D eigenvalue weighted by Gasteiger charge is 2.51. The molecule has 1 aromatic carbocycles. The van der Waals surface area contributed by atoms with Gasteiger partial charge in [-0.25, -0.2) is 13.5 Å². The molecular formula is C23H22ClF2N3O7. The number of nitrogens with zero attached hydrogens (tertiary/aromatic N) is 3. The predicted molar refractivity (Wildman–Crippen MR) is 120 cm³/mol. The van der Waals surface area contributed by atoms with E-state index in [1.54, 1.807) is 0 Å². The minimum atomic E-state index is -1.26. The van der Waals surface area contributed by atoms with Crippen LogP contribution in [0.4, 0.5) is 8.78 Å². The number of hydrogen-bond donors (Lipinski definition) is 0. The lowest BCUT2D eigenvalue weighted by molar-refractivity contribution is -0.219. The Labute approximate surface area is 209 Å².